The van der Waals surface area contributed by atoms with E-state index in [0.717, 1.165) is 47.4 Å². The lowest BCUT2D eigenvalue weighted by Crippen LogP contribution is -2.11. The molecular formula is C21H17N3OS2. The normalized spacial score (nSPS) is 13.0. The zero-order valence-corrected chi connectivity index (χ0v) is 16.3. The number of fused-ring (bicyclic) bond motifs is 1. The highest BCUT2D eigenvalue weighted by atomic mass is 32.2. The number of nitriles is 1. The molecule has 1 aliphatic rings. The number of thioether (sulfide) groups is 1. The Balaban J connectivity index is 1.76. The van der Waals surface area contributed by atoms with E-state index in [0.29, 0.717) is 10.6 Å². The van der Waals surface area contributed by atoms with Crippen LogP contribution in [0.4, 0.5) is 0 Å². The number of Topliss-reactive ketones (excluding diaryl/α,β-unsaturated/α-hetero) is 1. The molecule has 4 nitrogen and oxygen atoms in total. The zero-order valence-electron chi connectivity index (χ0n) is 14.6. The largest absolute Gasteiger partial charge is 0.292 e. The Labute approximate surface area is 166 Å². The Morgan fingerprint density at radius 2 is 2.04 bits per heavy atom. The van der Waals surface area contributed by atoms with Gasteiger partial charge >= 0.3 is 0 Å². The average Bonchev–Trinajstić information content (AvgIpc) is 3.26. The number of hydrogen-bond donors (Lipinski definition) is 0. The lowest BCUT2D eigenvalue weighted by molar-refractivity contribution is 0.102. The third kappa shape index (κ3) is 3.66. The summed E-state index contributed by atoms with van der Waals surface area (Å²) in [6.45, 7) is 0. The molecule has 0 saturated heterocycles. The maximum Gasteiger partial charge on any atom is 0.183 e. The summed E-state index contributed by atoms with van der Waals surface area (Å²) in [4.78, 5) is 22.0. The van der Waals surface area contributed by atoms with E-state index in [4.69, 9.17) is 4.98 Å². The van der Waals surface area contributed by atoms with Gasteiger partial charge < -0.3 is 0 Å². The van der Waals surface area contributed by atoms with Crippen LogP contribution in [0.5, 0.6) is 0 Å². The molecule has 0 atom stereocenters. The van der Waals surface area contributed by atoms with Crippen LogP contribution in [0.15, 0.2) is 47.1 Å². The molecule has 3 aromatic heterocycles. The van der Waals surface area contributed by atoms with E-state index < -0.39 is 0 Å². The van der Waals surface area contributed by atoms with Crippen LogP contribution < -0.4 is 0 Å². The number of rotatable bonds is 5. The van der Waals surface area contributed by atoms with Gasteiger partial charge in [0.15, 0.2) is 5.78 Å². The number of nitrogens with zero attached hydrogens (tertiary/aromatic N) is 3. The number of ketones is 1. The van der Waals surface area contributed by atoms with Crippen molar-refractivity contribution < 1.29 is 4.79 Å². The summed E-state index contributed by atoms with van der Waals surface area (Å²) in [5, 5.41) is 12.5. The maximum atomic E-state index is 12.4. The molecule has 3 heterocycles. The second kappa shape index (κ2) is 8.03. The second-order valence-electron chi connectivity index (χ2n) is 6.34. The van der Waals surface area contributed by atoms with E-state index in [-0.39, 0.29) is 11.5 Å². The first-order chi connectivity index (χ1) is 13.3. The van der Waals surface area contributed by atoms with Gasteiger partial charge in [-0.15, -0.1) is 11.3 Å². The summed E-state index contributed by atoms with van der Waals surface area (Å²) >= 11 is 2.81. The smallest absolute Gasteiger partial charge is 0.183 e. The van der Waals surface area contributed by atoms with Gasteiger partial charge in [-0.2, -0.15) is 5.26 Å². The quantitative estimate of drug-likeness (QED) is 0.456. The van der Waals surface area contributed by atoms with E-state index in [1.54, 1.807) is 12.4 Å². The van der Waals surface area contributed by atoms with Gasteiger partial charge in [0, 0.05) is 23.7 Å². The Bertz CT molecular complexity index is 1010. The van der Waals surface area contributed by atoms with Crippen LogP contribution in [0.25, 0.3) is 11.1 Å². The topological polar surface area (TPSA) is 66.6 Å². The fourth-order valence-corrected chi connectivity index (χ4v) is 5.05. The van der Waals surface area contributed by atoms with Gasteiger partial charge in [-0.3, -0.25) is 9.78 Å². The van der Waals surface area contributed by atoms with E-state index in [1.807, 2.05) is 29.6 Å². The molecule has 0 bridgehead atoms. The Kier molecular flexibility index (Phi) is 5.33. The number of aromatic nitrogens is 2. The van der Waals surface area contributed by atoms with Crippen LogP contribution in [-0.2, 0) is 12.8 Å². The predicted molar refractivity (Wildman–Crippen MR) is 108 cm³/mol. The number of hydrogen-bond acceptors (Lipinski definition) is 6. The third-order valence-corrected chi connectivity index (χ3v) is 6.54. The first kappa shape index (κ1) is 17.9. The van der Waals surface area contributed by atoms with Crippen LogP contribution in [0, 0.1) is 11.3 Å². The van der Waals surface area contributed by atoms with Crippen molar-refractivity contribution in [2.75, 3.05) is 5.75 Å². The zero-order chi connectivity index (χ0) is 18.6. The van der Waals surface area contributed by atoms with Gasteiger partial charge in [0.05, 0.1) is 16.2 Å². The summed E-state index contributed by atoms with van der Waals surface area (Å²) in [5.41, 5.74) is 4.78. The predicted octanol–water partition coefficient (Wildman–Crippen LogP) is 4.93. The van der Waals surface area contributed by atoms with Crippen molar-refractivity contribution in [3.05, 3.63) is 63.7 Å². The molecule has 0 amide bonds. The number of thiophene rings is 1. The first-order valence-corrected chi connectivity index (χ1v) is 10.7. The van der Waals surface area contributed by atoms with Gasteiger partial charge in [-0.1, -0.05) is 17.8 Å². The molecule has 4 rings (SSSR count). The third-order valence-electron chi connectivity index (χ3n) is 4.66. The van der Waals surface area contributed by atoms with Crippen molar-refractivity contribution in [1.29, 1.82) is 5.26 Å². The van der Waals surface area contributed by atoms with Crippen LogP contribution in [0.3, 0.4) is 0 Å². The lowest BCUT2D eigenvalue weighted by Gasteiger charge is -2.21. The van der Waals surface area contributed by atoms with Crippen LogP contribution in [0.2, 0.25) is 0 Å². The fourth-order valence-electron chi connectivity index (χ4n) is 3.41. The molecule has 27 heavy (non-hydrogen) atoms. The summed E-state index contributed by atoms with van der Waals surface area (Å²) in [6, 6.07) is 9.95. The van der Waals surface area contributed by atoms with Crippen LogP contribution >= 0.6 is 23.1 Å². The molecule has 134 valence electrons. The van der Waals surface area contributed by atoms with E-state index >= 15 is 0 Å². The summed E-state index contributed by atoms with van der Waals surface area (Å²) < 4.78 is 0. The van der Waals surface area contributed by atoms with Gasteiger partial charge in [-0.25, -0.2) is 4.98 Å². The van der Waals surface area contributed by atoms with E-state index in [9.17, 15) is 10.1 Å². The SMILES string of the molecule is N#Cc1c(SCC(=O)c2cccs2)nc2c(c1-c1ccncc1)CCCC2. The van der Waals surface area contributed by atoms with Crippen molar-refractivity contribution in [3.8, 4) is 17.2 Å². The monoisotopic (exact) mass is 391 g/mol. The molecule has 3 aromatic rings. The highest BCUT2D eigenvalue weighted by Crippen LogP contribution is 2.37. The molecule has 1 aliphatic carbocycles. The van der Waals surface area contributed by atoms with Crippen molar-refractivity contribution >= 4 is 28.9 Å². The molecule has 0 saturated carbocycles. The molecule has 0 radical (unpaired) electrons. The molecule has 6 heteroatoms. The average molecular weight is 392 g/mol. The Hall–Kier alpha value is -2.49. The van der Waals surface area contributed by atoms with Gasteiger partial charge in [0.2, 0.25) is 0 Å². The number of aryl methyl sites for hydroxylation is 1. The summed E-state index contributed by atoms with van der Waals surface area (Å²) in [6.07, 6.45) is 7.58. The number of pyridine rings is 2. The summed E-state index contributed by atoms with van der Waals surface area (Å²) in [7, 11) is 0. The van der Waals surface area contributed by atoms with Crippen LogP contribution in [-0.4, -0.2) is 21.5 Å². The molecular weight excluding hydrogens is 374 g/mol. The molecule has 0 aliphatic heterocycles. The van der Waals surface area contributed by atoms with Crippen molar-refractivity contribution in [3.63, 3.8) is 0 Å². The highest BCUT2D eigenvalue weighted by Gasteiger charge is 2.23. The molecule has 0 aromatic carbocycles. The Morgan fingerprint density at radius 1 is 1.22 bits per heavy atom. The first-order valence-electron chi connectivity index (χ1n) is 8.83. The van der Waals surface area contributed by atoms with Gasteiger partial charge in [-0.05, 0) is 60.4 Å². The highest BCUT2D eigenvalue weighted by molar-refractivity contribution is 8.00. The maximum absolute atomic E-state index is 12.4. The molecule has 0 unspecified atom stereocenters. The minimum absolute atomic E-state index is 0.0730. The fraction of sp³-hybridized carbons (Fsp3) is 0.238. The Morgan fingerprint density at radius 3 is 2.78 bits per heavy atom. The second-order valence-corrected chi connectivity index (χ2v) is 8.25. The molecule has 0 N–H and O–H groups in total. The lowest BCUT2D eigenvalue weighted by atomic mass is 9.87. The van der Waals surface area contributed by atoms with Crippen molar-refractivity contribution in [2.24, 2.45) is 0 Å². The van der Waals surface area contributed by atoms with E-state index in [1.165, 1.54) is 28.7 Å². The van der Waals surface area contributed by atoms with E-state index in [2.05, 4.69) is 11.1 Å². The standard InChI is InChI=1S/C21H17N3OS2/c22-12-16-20(14-7-9-23-10-8-14)15-4-1-2-5-17(15)24-21(16)27-13-18(25)19-6-3-11-26-19/h3,6-11H,1-2,4-5,13H2. The molecule has 0 fully saturated rings. The minimum atomic E-state index is 0.0730. The summed E-state index contributed by atoms with van der Waals surface area (Å²) in [5.74, 6) is 0.361. The minimum Gasteiger partial charge on any atom is -0.292 e. The van der Waals surface area contributed by atoms with Crippen molar-refractivity contribution in [2.45, 2.75) is 30.7 Å². The van der Waals surface area contributed by atoms with Crippen molar-refractivity contribution in [1.82, 2.24) is 9.97 Å². The van der Waals surface area contributed by atoms with Gasteiger partial charge in [0.1, 0.15) is 11.1 Å². The van der Waals surface area contributed by atoms with Gasteiger partial charge in [0.25, 0.3) is 0 Å². The number of carbonyl (C=O) groups is 1. The molecule has 0 spiro atoms. The number of carbonyl (C=O) groups excluding carboxylic acids is 1. The van der Waals surface area contributed by atoms with Crippen LogP contribution in [0.1, 0.15) is 39.3 Å².